The van der Waals surface area contributed by atoms with Crippen LogP contribution in [-0.2, 0) is 27.2 Å². The number of rotatable bonds is 4. The molecule has 1 aliphatic heterocycles. The second kappa shape index (κ2) is 6.22. The van der Waals surface area contributed by atoms with E-state index in [1.54, 1.807) is 23.7 Å². The molecule has 1 aromatic carbocycles. The summed E-state index contributed by atoms with van der Waals surface area (Å²) < 4.78 is 31.7. The third-order valence-electron chi connectivity index (χ3n) is 4.53. The van der Waals surface area contributed by atoms with Crippen molar-refractivity contribution in [3.05, 3.63) is 42.2 Å². The number of morpholine rings is 1. The molecule has 7 heteroatoms. The quantitative estimate of drug-likeness (QED) is 0.844. The van der Waals surface area contributed by atoms with Crippen molar-refractivity contribution in [1.29, 1.82) is 0 Å². The van der Waals surface area contributed by atoms with Crippen molar-refractivity contribution >= 4 is 15.5 Å². The average molecular weight is 349 g/mol. The Hall–Kier alpha value is -1.86. The SMILES string of the molecule is CCS(=O)(=O)c1ccc(N2CCO[C@](C)(c3cnn(C)c3)C2)cc1. The highest BCUT2D eigenvalue weighted by Crippen LogP contribution is 2.31. The van der Waals surface area contributed by atoms with E-state index in [2.05, 4.69) is 16.9 Å². The first kappa shape index (κ1) is 17.0. The molecule has 0 aliphatic carbocycles. The minimum atomic E-state index is -3.16. The van der Waals surface area contributed by atoms with Crippen LogP contribution in [0.1, 0.15) is 19.4 Å². The molecule has 6 nitrogen and oxygen atoms in total. The standard InChI is InChI=1S/C17H23N3O3S/c1-4-24(21,22)16-7-5-15(6-8-16)20-9-10-23-17(2,13-20)14-11-18-19(3)12-14/h5-8,11-12H,4,9-10,13H2,1-3H3/t17-/m0/s1. The number of benzene rings is 1. The number of aromatic nitrogens is 2. The summed E-state index contributed by atoms with van der Waals surface area (Å²) in [5.41, 5.74) is 1.61. The minimum Gasteiger partial charge on any atom is -0.367 e. The van der Waals surface area contributed by atoms with E-state index in [-0.39, 0.29) is 5.75 Å². The Balaban J connectivity index is 1.82. The van der Waals surface area contributed by atoms with Crippen molar-refractivity contribution in [2.75, 3.05) is 30.3 Å². The Morgan fingerprint density at radius 3 is 2.58 bits per heavy atom. The number of ether oxygens (including phenoxy) is 1. The van der Waals surface area contributed by atoms with Gasteiger partial charge in [-0.3, -0.25) is 4.68 Å². The predicted molar refractivity (Wildman–Crippen MR) is 92.9 cm³/mol. The molecule has 24 heavy (non-hydrogen) atoms. The summed E-state index contributed by atoms with van der Waals surface area (Å²) in [5, 5.41) is 4.23. The number of anilines is 1. The average Bonchev–Trinajstić information content (AvgIpc) is 3.02. The van der Waals surface area contributed by atoms with E-state index in [1.165, 1.54) is 0 Å². The zero-order chi connectivity index (χ0) is 17.4. The van der Waals surface area contributed by atoms with Gasteiger partial charge in [0.15, 0.2) is 9.84 Å². The van der Waals surface area contributed by atoms with Gasteiger partial charge in [-0.1, -0.05) is 6.92 Å². The van der Waals surface area contributed by atoms with Crippen molar-refractivity contribution in [3.63, 3.8) is 0 Å². The zero-order valence-electron chi connectivity index (χ0n) is 14.3. The second-order valence-electron chi connectivity index (χ2n) is 6.30. The van der Waals surface area contributed by atoms with Gasteiger partial charge in [0.2, 0.25) is 0 Å². The summed E-state index contributed by atoms with van der Waals surface area (Å²) in [5.74, 6) is 0.114. The maximum Gasteiger partial charge on any atom is 0.178 e. The van der Waals surface area contributed by atoms with Gasteiger partial charge in [-0.2, -0.15) is 5.10 Å². The molecule has 0 spiro atoms. The van der Waals surface area contributed by atoms with Gasteiger partial charge in [-0.05, 0) is 31.2 Å². The molecule has 0 bridgehead atoms. The lowest BCUT2D eigenvalue weighted by molar-refractivity contribution is -0.0466. The molecular formula is C17H23N3O3S. The Morgan fingerprint density at radius 1 is 1.29 bits per heavy atom. The number of hydrogen-bond donors (Lipinski definition) is 0. The molecule has 0 saturated carbocycles. The monoisotopic (exact) mass is 349 g/mol. The molecule has 1 atom stereocenters. The van der Waals surface area contributed by atoms with Crippen molar-refractivity contribution in [2.45, 2.75) is 24.3 Å². The van der Waals surface area contributed by atoms with Gasteiger partial charge in [0, 0.05) is 31.0 Å². The third-order valence-corrected chi connectivity index (χ3v) is 6.28. The first-order chi connectivity index (χ1) is 11.3. The second-order valence-corrected chi connectivity index (χ2v) is 8.58. The Labute approximate surface area is 143 Å². The first-order valence-electron chi connectivity index (χ1n) is 8.05. The van der Waals surface area contributed by atoms with E-state index >= 15 is 0 Å². The van der Waals surface area contributed by atoms with Crippen LogP contribution in [0.3, 0.4) is 0 Å². The molecule has 1 aromatic heterocycles. The summed E-state index contributed by atoms with van der Waals surface area (Å²) in [6.45, 7) is 5.80. The smallest absolute Gasteiger partial charge is 0.178 e. The zero-order valence-corrected chi connectivity index (χ0v) is 15.1. The summed E-state index contributed by atoms with van der Waals surface area (Å²) in [7, 11) is -1.27. The Morgan fingerprint density at radius 2 is 2.00 bits per heavy atom. The van der Waals surface area contributed by atoms with Crippen LogP contribution in [0.25, 0.3) is 0 Å². The van der Waals surface area contributed by atoms with Crippen molar-refractivity contribution < 1.29 is 13.2 Å². The van der Waals surface area contributed by atoms with E-state index in [0.717, 1.165) is 17.8 Å². The largest absolute Gasteiger partial charge is 0.367 e. The fourth-order valence-electron chi connectivity index (χ4n) is 2.99. The lowest BCUT2D eigenvalue weighted by Gasteiger charge is -2.41. The van der Waals surface area contributed by atoms with Crippen LogP contribution in [0.4, 0.5) is 5.69 Å². The molecule has 130 valence electrons. The maximum atomic E-state index is 11.9. The van der Waals surface area contributed by atoms with Crippen LogP contribution < -0.4 is 4.90 Å². The van der Waals surface area contributed by atoms with Gasteiger partial charge in [0.05, 0.1) is 30.0 Å². The fraction of sp³-hybridized carbons (Fsp3) is 0.471. The van der Waals surface area contributed by atoms with E-state index in [1.807, 2.05) is 31.6 Å². The lowest BCUT2D eigenvalue weighted by atomic mass is 9.96. The van der Waals surface area contributed by atoms with Gasteiger partial charge in [-0.15, -0.1) is 0 Å². The molecule has 3 rings (SSSR count). The normalized spacial score (nSPS) is 21.9. The molecule has 0 amide bonds. The highest BCUT2D eigenvalue weighted by molar-refractivity contribution is 7.91. The van der Waals surface area contributed by atoms with Crippen LogP contribution in [0, 0.1) is 0 Å². The Kier molecular flexibility index (Phi) is 4.40. The van der Waals surface area contributed by atoms with Crippen LogP contribution in [0.2, 0.25) is 0 Å². The molecule has 0 radical (unpaired) electrons. The molecule has 2 heterocycles. The molecule has 2 aromatic rings. The lowest BCUT2D eigenvalue weighted by Crippen LogP contribution is -2.48. The number of aryl methyl sites for hydroxylation is 1. The van der Waals surface area contributed by atoms with Crippen LogP contribution in [0.15, 0.2) is 41.6 Å². The number of sulfone groups is 1. The first-order valence-corrected chi connectivity index (χ1v) is 9.70. The highest BCUT2D eigenvalue weighted by Gasteiger charge is 2.35. The molecule has 0 N–H and O–H groups in total. The maximum absolute atomic E-state index is 11.9. The molecule has 1 fully saturated rings. The van der Waals surface area contributed by atoms with E-state index in [4.69, 9.17) is 4.74 Å². The Bertz CT molecular complexity index is 814. The van der Waals surface area contributed by atoms with E-state index in [0.29, 0.717) is 18.0 Å². The van der Waals surface area contributed by atoms with Crippen LogP contribution in [0.5, 0.6) is 0 Å². The van der Waals surface area contributed by atoms with Crippen molar-refractivity contribution in [3.8, 4) is 0 Å². The summed E-state index contributed by atoms with van der Waals surface area (Å²) >= 11 is 0. The van der Waals surface area contributed by atoms with Gasteiger partial charge >= 0.3 is 0 Å². The van der Waals surface area contributed by atoms with E-state index in [9.17, 15) is 8.42 Å². The summed E-state index contributed by atoms with van der Waals surface area (Å²) in [6, 6.07) is 7.12. The molecule has 1 saturated heterocycles. The highest BCUT2D eigenvalue weighted by atomic mass is 32.2. The topological polar surface area (TPSA) is 64.4 Å². The van der Waals surface area contributed by atoms with Crippen molar-refractivity contribution in [1.82, 2.24) is 9.78 Å². The predicted octanol–water partition coefficient (Wildman–Crippen LogP) is 1.97. The summed E-state index contributed by atoms with van der Waals surface area (Å²) in [6.07, 6.45) is 3.81. The third kappa shape index (κ3) is 3.18. The van der Waals surface area contributed by atoms with Crippen molar-refractivity contribution in [2.24, 2.45) is 7.05 Å². The van der Waals surface area contributed by atoms with Gasteiger partial charge < -0.3 is 9.64 Å². The summed E-state index contributed by atoms with van der Waals surface area (Å²) in [4.78, 5) is 2.59. The minimum absolute atomic E-state index is 0.114. The van der Waals surface area contributed by atoms with E-state index < -0.39 is 15.4 Å². The van der Waals surface area contributed by atoms with Gasteiger partial charge in [-0.25, -0.2) is 8.42 Å². The fourth-order valence-corrected chi connectivity index (χ4v) is 3.87. The van der Waals surface area contributed by atoms with Gasteiger partial charge in [0.1, 0.15) is 5.60 Å². The molecule has 1 aliphatic rings. The van der Waals surface area contributed by atoms with Crippen LogP contribution in [-0.4, -0.2) is 43.6 Å². The number of hydrogen-bond acceptors (Lipinski definition) is 5. The molecular weight excluding hydrogens is 326 g/mol. The van der Waals surface area contributed by atoms with Gasteiger partial charge in [0.25, 0.3) is 0 Å². The number of nitrogens with zero attached hydrogens (tertiary/aromatic N) is 3. The molecule has 0 unspecified atom stereocenters. The van der Waals surface area contributed by atoms with Crippen LogP contribution >= 0.6 is 0 Å².